The number of aliphatic imine (C=N–C) groups is 1. The number of aromatic nitrogens is 1. The molecule has 0 atom stereocenters. The third kappa shape index (κ3) is 3.18. The van der Waals surface area contributed by atoms with Gasteiger partial charge in [-0.1, -0.05) is 18.2 Å². The number of rotatable bonds is 3. The summed E-state index contributed by atoms with van der Waals surface area (Å²) < 4.78 is 0. The molecule has 20 heavy (non-hydrogen) atoms. The molecule has 0 bridgehead atoms. The molecule has 2 heterocycles. The smallest absolute Gasteiger partial charge is 0.218 e. The number of pyridine rings is 1. The van der Waals surface area contributed by atoms with E-state index in [1.54, 1.807) is 12.2 Å². The Morgan fingerprint density at radius 3 is 3.10 bits per heavy atom. The van der Waals surface area contributed by atoms with Crippen molar-refractivity contribution in [1.82, 2.24) is 15.4 Å². The van der Waals surface area contributed by atoms with Gasteiger partial charge in [-0.05, 0) is 17.7 Å². The lowest BCUT2D eigenvalue weighted by Gasteiger charge is -2.17. The van der Waals surface area contributed by atoms with Gasteiger partial charge in [-0.2, -0.15) is 0 Å². The number of halogens is 1. The molecule has 1 aromatic carbocycles. The largest absolute Gasteiger partial charge is 0.350 e. The first-order valence-electron chi connectivity index (χ1n) is 6.30. The molecule has 0 aliphatic carbocycles. The summed E-state index contributed by atoms with van der Waals surface area (Å²) in [5.41, 5.74) is 2.19. The standard InChI is InChI=1S/C14H16N4O.HI/c1-19-18-8-7-16-14(18)17-10-11-4-5-12-3-2-6-15-13(12)9-11;/h2-6,9H,7-8,10H2,1H3,(H,16,17);1H. The maximum Gasteiger partial charge on any atom is 0.218 e. The second kappa shape index (κ2) is 6.85. The van der Waals surface area contributed by atoms with Crippen LogP contribution in [0.15, 0.2) is 41.5 Å². The van der Waals surface area contributed by atoms with E-state index >= 15 is 0 Å². The Morgan fingerprint density at radius 1 is 1.35 bits per heavy atom. The van der Waals surface area contributed by atoms with Crippen LogP contribution in [0, 0.1) is 0 Å². The Labute approximate surface area is 135 Å². The van der Waals surface area contributed by atoms with Gasteiger partial charge in [0.25, 0.3) is 0 Å². The molecule has 3 rings (SSSR count). The minimum absolute atomic E-state index is 0. The minimum Gasteiger partial charge on any atom is -0.350 e. The number of hydroxylamine groups is 2. The molecule has 0 amide bonds. The summed E-state index contributed by atoms with van der Waals surface area (Å²) in [5, 5.41) is 6.21. The first kappa shape index (κ1) is 15.0. The van der Waals surface area contributed by atoms with Crippen molar-refractivity contribution in [3.05, 3.63) is 42.1 Å². The fraction of sp³-hybridized carbons (Fsp3) is 0.286. The topological polar surface area (TPSA) is 49.8 Å². The van der Waals surface area contributed by atoms with E-state index in [1.807, 2.05) is 12.3 Å². The summed E-state index contributed by atoms with van der Waals surface area (Å²) in [4.78, 5) is 13.9. The monoisotopic (exact) mass is 384 g/mol. The van der Waals surface area contributed by atoms with Crippen LogP contribution in [0.3, 0.4) is 0 Å². The van der Waals surface area contributed by atoms with Gasteiger partial charge in [-0.3, -0.25) is 9.82 Å². The molecule has 0 spiro atoms. The van der Waals surface area contributed by atoms with E-state index < -0.39 is 0 Å². The van der Waals surface area contributed by atoms with Gasteiger partial charge in [0.2, 0.25) is 5.96 Å². The Hall–Kier alpha value is -1.41. The molecule has 0 radical (unpaired) electrons. The number of guanidine groups is 1. The molecule has 6 heteroatoms. The van der Waals surface area contributed by atoms with Crippen molar-refractivity contribution in [2.75, 3.05) is 20.2 Å². The third-order valence-electron chi connectivity index (χ3n) is 3.14. The molecule has 1 aliphatic rings. The number of hydrogen-bond donors (Lipinski definition) is 1. The van der Waals surface area contributed by atoms with Gasteiger partial charge in [0.15, 0.2) is 0 Å². The van der Waals surface area contributed by atoms with Crippen LogP contribution in [-0.4, -0.2) is 36.2 Å². The highest BCUT2D eigenvalue weighted by atomic mass is 127. The zero-order chi connectivity index (χ0) is 13.1. The molecule has 106 valence electrons. The van der Waals surface area contributed by atoms with Crippen LogP contribution < -0.4 is 5.32 Å². The molecule has 1 N–H and O–H groups in total. The van der Waals surface area contributed by atoms with E-state index in [1.165, 1.54) is 5.56 Å². The predicted octanol–water partition coefficient (Wildman–Crippen LogP) is 2.18. The molecule has 1 aromatic heterocycles. The summed E-state index contributed by atoms with van der Waals surface area (Å²) in [6, 6.07) is 10.3. The highest BCUT2D eigenvalue weighted by molar-refractivity contribution is 14.0. The summed E-state index contributed by atoms with van der Waals surface area (Å²) in [6.45, 7) is 2.29. The Bertz CT molecular complexity index is 617. The average Bonchev–Trinajstić information content (AvgIpc) is 2.92. The van der Waals surface area contributed by atoms with Crippen LogP contribution in [-0.2, 0) is 11.4 Å². The SMILES string of the molecule is CON1CCN=C1NCc1ccc2cccnc2c1.I. The summed E-state index contributed by atoms with van der Waals surface area (Å²) in [6.07, 6.45) is 1.81. The number of nitrogens with one attached hydrogen (secondary N) is 1. The van der Waals surface area contributed by atoms with Crippen molar-refractivity contribution in [2.24, 2.45) is 4.99 Å². The van der Waals surface area contributed by atoms with Crippen LogP contribution >= 0.6 is 24.0 Å². The lowest BCUT2D eigenvalue weighted by molar-refractivity contribution is -0.0582. The van der Waals surface area contributed by atoms with Crippen LogP contribution in [0.4, 0.5) is 0 Å². The van der Waals surface area contributed by atoms with Crippen molar-refractivity contribution in [3.8, 4) is 0 Å². The van der Waals surface area contributed by atoms with Crippen molar-refractivity contribution >= 4 is 40.8 Å². The molecule has 5 nitrogen and oxygen atoms in total. The molecule has 1 aliphatic heterocycles. The zero-order valence-corrected chi connectivity index (χ0v) is 13.6. The van der Waals surface area contributed by atoms with Crippen LogP contribution in [0.2, 0.25) is 0 Å². The van der Waals surface area contributed by atoms with Gasteiger partial charge in [-0.25, -0.2) is 10.1 Å². The summed E-state index contributed by atoms with van der Waals surface area (Å²) in [7, 11) is 1.66. The third-order valence-corrected chi connectivity index (χ3v) is 3.14. The molecule has 0 fully saturated rings. The summed E-state index contributed by atoms with van der Waals surface area (Å²) >= 11 is 0. The number of fused-ring (bicyclic) bond motifs is 1. The molecule has 0 saturated heterocycles. The van der Waals surface area contributed by atoms with Crippen LogP contribution in [0.5, 0.6) is 0 Å². The lowest BCUT2D eigenvalue weighted by atomic mass is 10.1. The Balaban J connectivity index is 0.00000147. The van der Waals surface area contributed by atoms with E-state index in [9.17, 15) is 0 Å². The minimum atomic E-state index is 0. The maximum atomic E-state index is 5.21. The van der Waals surface area contributed by atoms with E-state index in [4.69, 9.17) is 4.84 Å². The van der Waals surface area contributed by atoms with E-state index in [0.29, 0.717) is 6.54 Å². The number of hydrogen-bond acceptors (Lipinski definition) is 5. The second-order valence-electron chi connectivity index (χ2n) is 4.37. The molecular formula is C14H17IN4O. The lowest BCUT2D eigenvalue weighted by Crippen LogP contribution is -2.37. The molecule has 0 unspecified atom stereocenters. The van der Waals surface area contributed by atoms with Gasteiger partial charge in [0.1, 0.15) is 0 Å². The molecule has 2 aromatic rings. The van der Waals surface area contributed by atoms with Gasteiger partial charge in [0, 0.05) is 18.1 Å². The zero-order valence-electron chi connectivity index (χ0n) is 11.2. The first-order valence-corrected chi connectivity index (χ1v) is 6.30. The van der Waals surface area contributed by atoms with E-state index in [0.717, 1.165) is 30.0 Å². The predicted molar refractivity (Wildman–Crippen MR) is 90.0 cm³/mol. The van der Waals surface area contributed by atoms with Crippen molar-refractivity contribution < 1.29 is 4.84 Å². The molecule has 0 saturated carbocycles. The average molecular weight is 384 g/mol. The fourth-order valence-electron chi connectivity index (χ4n) is 2.16. The highest BCUT2D eigenvalue weighted by Gasteiger charge is 2.15. The normalized spacial score (nSPS) is 14.1. The number of benzene rings is 1. The van der Waals surface area contributed by atoms with Crippen LogP contribution in [0.1, 0.15) is 5.56 Å². The van der Waals surface area contributed by atoms with E-state index in [-0.39, 0.29) is 24.0 Å². The maximum absolute atomic E-state index is 5.21. The number of nitrogens with zero attached hydrogens (tertiary/aromatic N) is 3. The molecular weight excluding hydrogens is 367 g/mol. The highest BCUT2D eigenvalue weighted by Crippen LogP contribution is 2.13. The van der Waals surface area contributed by atoms with Gasteiger partial charge >= 0.3 is 0 Å². The van der Waals surface area contributed by atoms with Gasteiger partial charge in [0.05, 0.1) is 25.7 Å². The van der Waals surface area contributed by atoms with E-state index in [2.05, 4.69) is 39.6 Å². The van der Waals surface area contributed by atoms with Crippen LogP contribution in [0.25, 0.3) is 10.9 Å². The van der Waals surface area contributed by atoms with Gasteiger partial charge < -0.3 is 5.32 Å². The summed E-state index contributed by atoms with van der Waals surface area (Å²) in [5.74, 6) is 0.795. The van der Waals surface area contributed by atoms with Crippen molar-refractivity contribution in [1.29, 1.82) is 0 Å². The first-order chi connectivity index (χ1) is 9.36. The second-order valence-corrected chi connectivity index (χ2v) is 4.37. The van der Waals surface area contributed by atoms with Crippen molar-refractivity contribution in [2.45, 2.75) is 6.54 Å². The Morgan fingerprint density at radius 2 is 2.25 bits per heavy atom. The van der Waals surface area contributed by atoms with Gasteiger partial charge in [-0.15, -0.1) is 24.0 Å². The quantitative estimate of drug-likeness (QED) is 0.825. The van der Waals surface area contributed by atoms with Crippen molar-refractivity contribution in [3.63, 3.8) is 0 Å². The Kier molecular flexibility index (Phi) is 5.13. The fourth-order valence-corrected chi connectivity index (χ4v) is 2.16.